The first-order chi connectivity index (χ1) is 7.67. The molecule has 3 heteroatoms. The molecule has 0 heterocycles. The number of hydrogen-bond donors (Lipinski definition) is 0. The third-order valence-corrected chi connectivity index (χ3v) is 5.54. The van der Waals surface area contributed by atoms with Crippen molar-refractivity contribution in [2.24, 2.45) is 11.3 Å². The molecule has 0 bridgehead atoms. The Kier molecular flexibility index (Phi) is 2.89. The molecule has 1 fully saturated rings. The second-order valence-corrected chi connectivity index (χ2v) is 7.68. The lowest BCUT2D eigenvalue weighted by Gasteiger charge is -2.32. The molecule has 1 saturated carbocycles. The summed E-state index contributed by atoms with van der Waals surface area (Å²) in [6, 6.07) is 0. The lowest BCUT2D eigenvalue weighted by Crippen LogP contribution is -2.27. The van der Waals surface area contributed by atoms with Crippen LogP contribution in [0.25, 0.3) is 0 Å². The quantitative estimate of drug-likeness (QED) is 0.732. The van der Waals surface area contributed by atoms with E-state index in [2.05, 4.69) is 29.8 Å². The number of halogens is 1. The van der Waals surface area contributed by atoms with Crippen molar-refractivity contribution in [2.45, 2.75) is 51.3 Å². The molecule has 2 aliphatic carbocycles. The van der Waals surface area contributed by atoms with Crippen molar-refractivity contribution >= 4 is 27.5 Å². The first kappa shape index (κ1) is 13.0. The number of ketones is 2. The van der Waals surface area contributed by atoms with Crippen LogP contribution >= 0.6 is 15.9 Å². The molecule has 0 amide bonds. The minimum atomic E-state index is -0.378. The van der Waals surface area contributed by atoms with E-state index in [1.807, 2.05) is 6.92 Å². The van der Waals surface area contributed by atoms with Crippen LogP contribution in [-0.4, -0.2) is 15.9 Å². The molecule has 17 heavy (non-hydrogen) atoms. The molecule has 0 spiro atoms. The standard InChI is InChI=1S/C14H19BrO2/c1-8-10(5-13(3,4)7-12(8)17)11-6-14(11,15)9(2)16/h11H,5-7H2,1-4H3/t11-,14-/m0/s1. The topological polar surface area (TPSA) is 34.1 Å². The zero-order valence-corrected chi connectivity index (χ0v) is 12.5. The molecule has 0 saturated heterocycles. The normalized spacial score (nSPS) is 36.1. The predicted octanol–water partition coefficient (Wildman–Crippen LogP) is 3.43. The highest BCUT2D eigenvalue weighted by Crippen LogP contribution is 2.59. The van der Waals surface area contributed by atoms with E-state index in [9.17, 15) is 9.59 Å². The third-order valence-electron chi connectivity index (χ3n) is 4.11. The van der Waals surface area contributed by atoms with Gasteiger partial charge in [-0.25, -0.2) is 0 Å². The second kappa shape index (κ2) is 3.78. The Morgan fingerprint density at radius 1 is 1.35 bits per heavy atom. The predicted molar refractivity (Wildman–Crippen MR) is 71.2 cm³/mol. The maximum absolute atomic E-state index is 12.0. The third kappa shape index (κ3) is 2.14. The Labute approximate surface area is 111 Å². The van der Waals surface area contributed by atoms with Crippen molar-refractivity contribution in [2.75, 3.05) is 0 Å². The van der Waals surface area contributed by atoms with Crippen LogP contribution in [0.4, 0.5) is 0 Å². The van der Waals surface area contributed by atoms with Gasteiger partial charge in [0, 0.05) is 12.3 Å². The lowest BCUT2D eigenvalue weighted by atomic mass is 9.72. The molecule has 0 aromatic heterocycles. The fourth-order valence-corrected chi connectivity index (χ4v) is 3.47. The van der Waals surface area contributed by atoms with Crippen LogP contribution in [0.2, 0.25) is 0 Å². The highest BCUT2D eigenvalue weighted by Gasteiger charge is 2.59. The Hall–Kier alpha value is -0.440. The number of alkyl halides is 1. The Morgan fingerprint density at radius 2 is 1.94 bits per heavy atom. The smallest absolute Gasteiger partial charge is 0.159 e. The summed E-state index contributed by atoms with van der Waals surface area (Å²) in [6.07, 6.45) is 2.42. The monoisotopic (exact) mass is 298 g/mol. The molecular formula is C14H19BrO2. The van der Waals surface area contributed by atoms with E-state index in [1.54, 1.807) is 6.92 Å². The summed E-state index contributed by atoms with van der Waals surface area (Å²) in [5.74, 6) is 0.670. The molecule has 2 nitrogen and oxygen atoms in total. The van der Waals surface area contributed by atoms with Gasteiger partial charge in [0.15, 0.2) is 5.78 Å². The number of carbonyl (C=O) groups is 2. The molecule has 0 N–H and O–H groups in total. The average molecular weight is 299 g/mol. The lowest BCUT2D eigenvalue weighted by molar-refractivity contribution is -0.119. The number of rotatable bonds is 2. The molecule has 94 valence electrons. The fraction of sp³-hybridized carbons (Fsp3) is 0.714. The molecular weight excluding hydrogens is 280 g/mol. The molecule has 2 atom stereocenters. The summed E-state index contributed by atoms with van der Waals surface area (Å²) >= 11 is 3.55. The van der Waals surface area contributed by atoms with Gasteiger partial charge in [0.1, 0.15) is 5.78 Å². The van der Waals surface area contributed by atoms with Crippen LogP contribution in [0.1, 0.15) is 47.0 Å². The number of carbonyl (C=O) groups excluding carboxylic acids is 2. The minimum absolute atomic E-state index is 0.0409. The van der Waals surface area contributed by atoms with Gasteiger partial charge in [-0.15, -0.1) is 0 Å². The molecule has 0 aromatic rings. The van der Waals surface area contributed by atoms with E-state index >= 15 is 0 Å². The van der Waals surface area contributed by atoms with Crippen molar-refractivity contribution < 1.29 is 9.59 Å². The van der Waals surface area contributed by atoms with Crippen molar-refractivity contribution in [3.63, 3.8) is 0 Å². The summed E-state index contributed by atoms with van der Waals surface area (Å²) in [5.41, 5.74) is 2.15. The molecule has 0 aliphatic heterocycles. The van der Waals surface area contributed by atoms with E-state index in [-0.39, 0.29) is 27.2 Å². The van der Waals surface area contributed by atoms with Gasteiger partial charge in [-0.2, -0.15) is 0 Å². The van der Waals surface area contributed by atoms with Gasteiger partial charge in [-0.1, -0.05) is 35.4 Å². The molecule has 0 unspecified atom stereocenters. The van der Waals surface area contributed by atoms with Crippen LogP contribution in [0.15, 0.2) is 11.1 Å². The van der Waals surface area contributed by atoms with E-state index < -0.39 is 0 Å². The Bertz CT molecular complexity index is 434. The van der Waals surface area contributed by atoms with E-state index in [1.165, 1.54) is 5.57 Å². The van der Waals surface area contributed by atoms with Gasteiger partial charge >= 0.3 is 0 Å². The average Bonchev–Trinajstić information content (AvgIpc) is 2.85. The maximum Gasteiger partial charge on any atom is 0.159 e. The number of hydrogen-bond acceptors (Lipinski definition) is 2. The number of Topliss-reactive ketones (excluding diaryl/α,β-unsaturated/α-hetero) is 2. The molecule has 2 aliphatic rings. The summed E-state index contributed by atoms with van der Waals surface area (Å²) in [4.78, 5) is 23.6. The first-order valence-corrected chi connectivity index (χ1v) is 6.89. The van der Waals surface area contributed by atoms with Gasteiger partial charge in [0.2, 0.25) is 0 Å². The van der Waals surface area contributed by atoms with Gasteiger partial charge in [0.25, 0.3) is 0 Å². The van der Waals surface area contributed by atoms with E-state index in [0.29, 0.717) is 6.42 Å². The maximum atomic E-state index is 12.0. The number of allylic oxidation sites excluding steroid dienone is 2. The summed E-state index contributed by atoms with van der Waals surface area (Å²) in [5, 5.41) is 0. The largest absolute Gasteiger partial charge is 0.298 e. The summed E-state index contributed by atoms with van der Waals surface area (Å²) in [6.45, 7) is 7.80. The highest BCUT2D eigenvalue weighted by atomic mass is 79.9. The Morgan fingerprint density at radius 3 is 2.41 bits per heavy atom. The van der Waals surface area contributed by atoms with Gasteiger partial charge in [0.05, 0.1) is 4.32 Å². The van der Waals surface area contributed by atoms with Crippen LogP contribution in [-0.2, 0) is 9.59 Å². The first-order valence-electron chi connectivity index (χ1n) is 6.10. The Balaban J connectivity index is 2.31. The van der Waals surface area contributed by atoms with Crippen LogP contribution < -0.4 is 0 Å². The van der Waals surface area contributed by atoms with Crippen molar-refractivity contribution in [1.82, 2.24) is 0 Å². The highest BCUT2D eigenvalue weighted by molar-refractivity contribution is 9.10. The van der Waals surface area contributed by atoms with Crippen molar-refractivity contribution in [3.05, 3.63) is 11.1 Å². The zero-order chi connectivity index (χ0) is 13.0. The molecule has 0 aromatic carbocycles. The van der Waals surface area contributed by atoms with Crippen molar-refractivity contribution in [1.29, 1.82) is 0 Å². The van der Waals surface area contributed by atoms with Gasteiger partial charge < -0.3 is 0 Å². The van der Waals surface area contributed by atoms with Crippen LogP contribution in [0.5, 0.6) is 0 Å². The van der Waals surface area contributed by atoms with Gasteiger partial charge in [-0.05, 0) is 37.7 Å². The minimum Gasteiger partial charge on any atom is -0.298 e. The van der Waals surface area contributed by atoms with Crippen LogP contribution in [0, 0.1) is 11.3 Å². The van der Waals surface area contributed by atoms with E-state index in [0.717, 1.165) is 18.4 Å². The summed E-state index contributed by atoms with van der Waals surface area (Å²) in [7, 11) is 0. The second-order valence-electron chi connectivity index (χ2n) is 6.27. The summed E-state index contributed by atoms with van der Waals surface area (Å²) < 4.78 is -0.378. The zero-order valence-electron chi connectivity index (χ0n) is 10.9. The molecule has 0 radical (unpaired) electrons. The van der Waals surface area contributed by atoms with E-state index in [4.69, 9.17) is 0 Å². The van der Waals surface area contributed by atoms with Gasteiger partial charge in [-0.3, -0.25) is 9.59 Å². The fourth-order valence-electron chi connectivity index (χ4n) is 2.87. The van der Waals surface area contributed by atoms with Crippen LogP contribution in [0.3, 0.4) is 0 Å². The van der Waals surface area contributed by atoms with Crippen molar-refractivity contribution in [3.8, 4) is 0 Å². The molecule has 2 rings (SSSR count). The SMILES string of the molecule is CC(=O)[C@@]1(Br)C[C@H]1C1=C(C)C(=O)CC(C)(C)C1.